The zero-order valence-corrected chi connectivity index (χ0v) is 11.9. The lowest BCUT2D eigenvalue weighted by molar-refractivity contribution is 0.329. The van der Waals surface area contributed by atoms with Gasteiger partial charge >= 0.3 is 0 Å². The second kappa shape index (κ2) is 8.09. The van der Waals surface area contributed by atoms with Crippen molar-refractivity contribution >= 4 is 40.1 Å². The smallest absolute Gasteiger partial charge is 0.183 e. The first kappa shape index (κ1) is 15.0. The lowest BCUT2D eigenvalue weighted by atomic mass is 10.3. The quantitative estimate of drug-likeness (QED) is 0.305. The van der Waals surface area contributed by atoms with E-state index in [0.717, 1.165) is 0 Å². The molecule has 1 N–H and O–H groups in total. The highest BCUT2D eigenvalue weighted by Gasteiger charge is 2.05. The van der Waals surface area contributed by atoms with E-state index in [1.807, 2.05) is 12.4 Å². The van der Waals surface area contributed by atoms with E-state index in [1.165, 1.54) is 11.8 Å². The molecule has 0 aliphatic carbocycles. The molecule has 18 heavy (non-hydrogen) atoms. The first-order valence-electron chi connectivity index (χ1n) is 4.99. The number of hydrogen-bond acceptors (Lipinski definition) is 4. The maximum Gasteiger partial charge on any atom is 0.183 e. The van der Waals surface area contributed by atoms with Gasteiger partial charge in [0, 0.05) is 0 Å². The molecule has 0 heterocycles. The van der Waals surface area contributed by atoms with Crippen LogP contribution in [0.2, 0.25) is 10.0 Å². The number of thioether (sulfide) groups is 1. The third kappa shape index (κ3) is 4.65. The van der Waals surface area contributed by atoms with E-state index < -0.39 is 0 Å². The maximum atomic E-state index is 8.45. The molecular formula is C11H11Cl2N3OS. The van der Waals surface area contributed by atoms with Crippen LogP contribution in [0.25, 0.3) is 0 Å². The minimum absolute atomic E-state index is 0.334. The highest BCUT2D eigenvalue weighted by molar-refractivity contribution is 8.13. The molecule has 7 heteroatoms. The molecule has 0 aliphatic heterocycles. The average Bonchev–Trinajstić information content (AvgIpc) is 2.36. The number of amidine groups is 1. The van der Waals surface area contributed by atoms with E-state index in [0.29, 0.717) is 34.1 Å². The van der Waals surface area contributed by atoms with E-state index >= 15 is 0 Å². The van der Waals surface area contributed by atoms with Gasteiger partial charge in [0.2, 0.25) is 0 Å². The molecule has 96 valence electrons. The van der Waals surface area contributed by atoms with Gasteiger partial charge in [-0.3, -0.25) is 10.3 Å². The summed E-state index contributed by atoms with van der Waals surface area (Å²) in [7, 11) is 0. The van der Waals surface area contributed by atoms with Crippen molar-refractivity contribution in [1.82, 2.24) is 5.32 Å². The van der Waals surface area contributed by atoms with Crippen molar-refractivity contribution < 1.29 is 4.74 Å². The van der Waals surface area contributed by atoms with Crippen LogP contribution in [0.1, 0.15) is 0 Å². The number of benzene rings is 1. The van der Waals surface area contributed by atoms with E-state index in [2.05, 4.69) is 10.3 Å². The van der Waals surface area contributed by atoms with E-state index in [-0.39, 0.29) is 0 Å². The predicted molar refractivity (Wildman–Crippen MR) is 76.5 cm³/mol. The number of nitriles is 1. The molecule has 0 atom stereocenters. The second-order valence-corrected chi connectivity index (χ2v) is 4.64. The number of ether oxygens (including phenoxy) is 1. The fourth-order valence-corrected chi connectivity index (χ4v) is 1.99. The number of hydrogen-bond donors (Lipinski definition) is 1. The molecular weight excluding hydrogens is 293 g/mol. The Hall–Kier alpha value is -1.09. The van der Waals surface area contributed by atoms with E-state index in [9.17, 15) is 0 Å². The van der Waals surface area contributed by atoms with Gasteiger partial charge in [0.05, 0.1) is 16.6 Å². The molecule has 0 bridgehead atoms. The Morgan fingerprint density at radius 1 is 1.50 bits per heavy atom. The Kier molecular flexibility index (Phi) is 6.73. The molecule has 0 saturated heterocycles. The van der Waals surface area contributed by atoms with Crippen LogP contribution in [0.3, 0.4) is 0 Å². The summed E-state index contributed by atoms with van der Waals surface area (Å²) in [4.78, 5) is 4.14. The first-order chi connectivity index (χ1) is 8.69. The summed E-state index contributed by atoms with van der Waals surface area (Å²) in [5.74, 6) is 0.454. The summed E-state index contributed by atoms with van der Waals surface area (Å²) in [6.07, 6.45) is 3.64. The summed E-state index contributed by atoms with van der Waals surface area (Å²) >= 11 is 13.2. The van der Waals surface area contributed by atoms with Gasteiger partial charge in [-0.2, -0.15) is 5.26 Å². The van der Waals surface area contributed by atoms with Gasteiger partial charge in [-0.1, -0.05) is 41.0 Å². The van der Waals surface area contributed by atoms with E-state index in [4.69, 9.17) is 33.2 Å². The van der Waals surface area contributed by atoms with Crippen LogP contribution in [0.4, 0.5) is 0 Å². The molecule has 0 radical (unpaired) electrons. The van der Waals surface area contributed by atoms with Crippen molar-refractivity contribution in [2.45, 2.75) is 0 Å². The summed E-state index contributed by atoms with van der Waals surface area (Å²) in [6.45, 7) is 0.743. The zero-order chi connectivity index (χ0) is 13.4. The fourth-order valence-electron chi connectivity index (χ4n) is 1.12. The normalized spacial score (nSPS) is 10.9. The summed E-state index contributed by atoms with van der Waals surface area (Å²) < 4.78 is 5.45. The Labute approximate surface area is 120 Å². The molecule has 1 rings (SSSR count). The molecule has 0 amide bonds. The number of rotatable bonds is 4. The molecule has 0 aliphatic rings. The predicted octanol–water partition coefficient (Wildman–Crippen LogP) is 3.16. The van der Waals surface area contributed by atoms with Crippen LogP contribution < -0.4 is 10.1 Å². The van der Waals surface area contributed by atoms with Gasteiger partial charge in [0.1, 0.15) is 6.61 Å². The van der Waals surface area contributed by atoms with E-state index in [1.54, 1.807) is 18.2 Å². The van der Waals surface area contributed by atoms with Crippen molar-refractivity contribution in [2.24, 2.45) is 4.99 Å². The molecule has 1 aromatic carbocycles. The van der Waals surface area contributed by atoms with Crippen LogP contribution in [0.5, 0.6) is 5.75 Å². The van der Waals surface area contributed by atoms with Gasteiger partial charge in [-0.05, 0) is 18.4 Å². The van der Waals surface area contributed by atoms with Crippen LogP contribution >= 0.6 is 35.0 Å². The number of para-hydroxylation sites is 1. The second-order valence-electron chi connectivity index (χ2n) is 3.03. The van der Waals surface area contributed by atoms with Gasteiger partial charge in [0.15, 0.2) is 17.1 Å². The van der Waals surface area contributed by atoms with Gasteiger partial charge < -0.3 is 4.74 Å². The Bertz CT molecular complexity index is 454. The van der Waals surface area contributed by atoms with Crippen LogP contribution in [0.15, 0.2) is 23.2 Å². The summed E-state index contributed by atoms with van der Waals surface area (Å²) in [5.41, 5.74) is 0. The van der Waals surface area contributed by atoms with Crippen molar-refractivity contribution in [2.75, 3.05) is 19.4 Å². The van der Waals surface area contributed by atoms with Crippen molar-refractivity contribution in [3.8, 4) is 11.9 Å². The van der Waals surface area contributed by atoms with Crippen LogP contribution in [-0.2, 0) is 0 Å². The first-order valence-corrected chi connectivity index (χ1v) is 6.97. The molecule has 0 saturated carbocycles. The topological polar surface area (TPSA) is 57.4 Å². The Morgan fingerprint density at radius 2 is 2.17 bits per heavy atom. The van der Waals surface area contributed by atoms with Crippen molar-refractivity contribution in [3.63, 3.8) is 0 Å². The SMILES string of the molecule is CSC(=NCCOc1c(Cl)cccc1Cl)NC#N. The number of halogens is 2. The third-order valence-corrected chi connectivity index (χ3v) is 3.08. The van der Waals surface area contributed by atoms with Gasteiger partial charge in [-0.25, -0.2) is 0 Å². The highest BCUT2D eigenvalue weighted by Crippen LogP contribution is 2.32. The molecule has 0 unspecified atom stereocenters. The minimum atomic E-state index is 0.334. The molecule has 0 spiro atoms. The van der Waals surface area contributed by atoms with Crippen LogP contribution in [-0.4, -0.2) is 24.6 Å². The lowest BCUT2D eigenvalue weighted by Crippen LogP contribution is -2.15. The molecule has 4 nitrogen and oxygen atoms in total. The Balaban J connectivity index is 2.50. The molecule has 1 aromatic rings. The van der Waals surface area contributed by atoms with Gasteiger partial charge in [0.25, 0.3) is 0 Å². The minimum Gasteiger partial charge on any atom is -0.489 e. The average molecular weight is 304 g/mol. The summed E-state index contributed by atoms with van der Waals surface area (Å²) in [5, 5.41) is 12.4. The number of aliphatic imine (C=N–C) groups is 1. The highest BCUT2D eigenvalue weighted by atomic mass is 35.5. The number of nitrogens with one attached hydrogen (secondary N) is 1. The monoisotopic (exact) mass is 303 g/mol. The van der Waals surface area contributed by atoms with Crippen molar-refractivity contribution in [1.29, 1.82) is 5.26 Å². The summed E-state index contributed by atoms with van der Waals surface area (Å²) in [6, 6.07) is 5.16. The lowest BCUT2D eigenvalue weighted by Gasteiger charge is -2.08. The third-order valence-electron chi connectivity index (χ3n) is 1.87. The fraction of sp³-hybridized carbons (Fsp3) is 0.273. The molecule has 0 fully saturated rings. The zero-order valence-electron chi connectivity index (χ0n) is 9.61. The number of nitrogens with zero attached hydrogens (tertiary/aromatic N) is 2. The van der Waals surface area contributed by atoms with Crippen molar-refractivity contribution in [3.05, 3.63) is 28.2 Å². The van der Waals surface area contributed by atoms with Gasteiger partial charge in [-0.15, -0.1) is 0 Å². The largest absolute Gasteiger partial charge is 0.489 e. The Morgan fingerprint density at radius 3 is 2.72 bits per heavy atom. The van der Waals surface area contributed by atoms with Crippen LogP contribution in [0, 0.1) is 11.5 Å². The molecule has 0 aromatic heterocycles. The standard InChI is InChI=1S/C11H11Cl2N3OS/c1-18-11(16-7-14)15-5-6-17-10-8(12)3-2-4-9(10)13/h2-4H,5-6H2,1H3,(H,15,16). The maximum absolute atomic E-state index is 8.45.